The van der Waals surface area contributed by atoms with Crippen molar-refractivity contribution >= 4 is 74.5 Å². The van der Waals surface area contributed by atoms with Crippen LogP contribution in [0.3, 0.4) is 0 Å². The van der Waals surface area contributed by atoms with Crippen molar-refractivity contribution in [3.63, 3.8) is 0 Å². The highest BCUT2D eigenvalue weighted by Gasteiger charge is 2.13. The van der Waals surface area contributed by atoms with Crippen LogP contribution in [0.1, 0.15) is 13.8 Å². The van der Waals surface area contributed by atoms with Crippen LogP contribution in [-0.2, 0) is 0 Å². The molecule has 0 unspecified atom stereocenters. The smallest absolute Gasteiger partial charge is 0.139 e. The van der Waals surface area contributed by atoms with Gasteiger partial charge in [0.1, 0.15) is 5.75 Å². The molecule has 0 radical (unpaired) electrons. The highest BCUT2D eigenvalue weighted by Crippen LogP contribution is 2.37. The molecule has 2 N–H and O–H groups in total. The molecule has 4 rings (SSSR count). The molecule has 0 aliphatic rings. The fourth-order valence-electron chi connectivity index (χ4n) is 3.59. The molecule has 0 saturated carbocycles. The van der Waals surface area contributed by atoms with E-state index >= 15 is 0 Å². The number of halogens is 3. The lowest BCUT2D eigenvalue weighted by molar-refractivity contribution is 0.474. The monoisotopic (exact) mass is 461 g/mol. The van der Waals surface area contributed by atoms with Gasteiger partial charge in [0.2, 0.25) is 0 Å². The summed E-state index contributed by atoms with van der Waals surface area (Å²) in [5.74, 6) is 0.266. The quantitative estimate of drug-likeness (QED) is 0.239. The first-order valence-electron chi connectivity index (χ1n) is 9.53. The van der Waals surface area contributed by atoms with Crippen LogP contribution in [-0.4, -0.2) is 23.2 Å². The summed E-state index contributed by atoms with van der Waals surface area (Å²) in [5, 5.41) is 17.0. The Morgan fingerprint density at radius 3 is 1.97 bits per heavy atom. The molecule has 7 heteroatoms. The molecule has 3 aromatic carbocycles. The van der Waals surface area contributed by atoms with E-state index in [1.54, 1.807) is 6.07 Å². The van der Waals surface area contributed by atoms with E-state index in [9.17, 15) is 5.11 Å². The molecule has 1 aromatic heterocycles. The summed E-state index contributed by atoms with van der Waals surface area (Å²) in [5.41, 5.74) is 4.18. The Hall–Kier alpha value is -2.40. The summed E-state index contributed by atoms with van der Waals surface area (Å²) in [4.78, 5) is 6.84. The van der Waals surface area contributed by atoms with Gasteiger partial charge >= 0.3 is 0 Å². The second kappa shape index (κ2) is 9.17. The van der Waals surface area contributed by atoms with E-state index in [0.29, 0.717) is 10.0 Å². The van der Waals surface area contributed by atoms with Crippen molar-refractivity contribution in [1.82, 2.24) is 4.98 Å². The Kier molecular flexibility index (Phi) is 6.81. The predicted octanol–water partition coefficient (Wildman–Crippen LogP) is 7.41. The van der Waals surface area contributed by atoms with Crippen molar-refractivity contribution in [2.45, 2.75) is 13.8 Å². The van der Waals surface area contributed by atoms with Gasteiger partial charge in [0.25, 0.3) is 0 Å². The molecule has 0 aliphatic heterocycles. The summed E-state index contributed by atoms with van der Waals surface area (Å²) in [6, 6.07) is 16.9. The van der Waals surface area contributed by atoms with E-state index in [1.165, 1.54) is 0 Å². The van der Waals surface area contributed by atoms with Crippen molar-refractivity contribution in [3.05, 3.63) is 64.6 Å². The molecule has 0 saturated heterocycles. The number of phenolic OH excluding ortho intramolecular Hbond substituents is 1. The Balaban J connectivity index is 0.00000256. The minimum absolute atomic E-state index is 0. The van der Waals surface area contributed by atoms with Gasteiger partial charge in [-0.15, -0.1) is 12.4 Å². The van der Waals surface area contributed by atoms with Crippen LogP contribution in [0.4, 0.5) is 17.1 Å². The second-order valence-electron chi connectivity index (χ2n) is 6.81. The van der Waals surface area contributed by atoms with E-state index in [1.807, 2.05) is 48.5 Å². The molecule has 0 atom stereocenters. The third-order valence-electron chi connectivity index (χ3n) is 5.05. The number of aromatic nitrogens is 1. The van der Waals surface area contributed by atoms with Gasteiger partial charge in [-0.1, -0.05) is 23.2 Å². The van der Waals surface area contributed by atoms with Crippen molar-refractivity contribution < 1.29 is 5.11 Å². The van der Waals surface area contributed by atoms with E-state index in [2.05, 4.69) is 24.1 Å². The number of nitrogens with one attached hydrogen (secondary N) is 1. The van der Waals surface area contributed by atoms with Gasteiger partial charge in [0.05, 0.1) is 22.4 Å². The summed E-state index contributed by atoms with van der Waals surface area (Å²) in [6.07, 6.45) is 0. The minimum atomic E-state index is 0. The third kappa shape index (κ3) is 4.22. The van der Waals surface area contributed by atoms with Gasteiger partial charge in [0, 0.05) is 39.6 Å². The predicted molar refractivity (Wildman–Crippen MR) is 131 cm³/mol. The number of aromatic hydroxyl groups is 1. The van der Waals surface area contributed by atoms with E-state index < -0.39 is 0 Å². The average Bonchev–Trinajstić information content (AvgIpc) is 2.70. The SMILES string of the molecule is CCN(CC)c1cc(Nc2c3ccc(Cl)cc3nc3cc(Cl)ccc23)ccc1O.Cl. The van der Waals surface area contributed by atoms with Gasteiger partial charge in [-0.3, -0.25) is 0 Å². The fraction of sp³-hybridized carbons (Fsp3) is 0.174. The molecule has 156 valence electrons. The number of nitrogens with zero attached hydrogens (tertiary/aromatic N) is 2. The van der Waals surface area contributed by atoms with Gasteiger partial charge in [-0.05, 0) is 68.4 Å². The zero-order valence-electron chi connectivity index (χ0n) is 16.6. The summed E-state index contributed by atoms with van der Waals surface area (Å²) < 4.78 is 0. The summed E-state index contributed by atoms with van der Waals surface area (Å²) in [7, 11) is 0. The maximum atomic E-state index is 10.3. The van der Waals surface area contributed by atoms with Crippen LogP contribution < -0.4 is 10.2 Å². The number of hydrogen-bond donors (Lipinski definition) is 2. The lowest BCUT2D eigenvalue weighted by Gasteiger charge is -2.23. The van der Waals surface area contributed by atoms with Crippen LogP contribution >= 0.6 is 35.6 Å². The number of rotatable bonds is 5. The van der Waals surface area contributed by atoms with Crippen molar-refractivity contribution in [2.24, 2.45) is 0 Å². The molecule has 0 spiro atoms. The topological polar surface area (TPSA) is 48.4 Å². The Morgan fingerprint density at radius 1 is 0.867 bits per heavy atom. The molecule has 0 fully saturated rings. The van der Waals surface area contributed by atoms with Crippen LogP contribution in [0, 0.1) is 0 Å². The molecule has 4 aromatic rings. The normalized spacial score (nSPS) is 10.8. The van der Waals surface area contributed by atoms with Crippen LogP contribution in [0.5, 0.6) is 5.75 Å². The standard InChI is InChI=1S/C23H21Cl2N3O.ClH/c1-3-28(4-2)21-13-16(7-10-22(21)29)26-23-17-8-5-14(24)11-19(17)27-20-12-15(25)6-9-18(20)23;/h5-13,29H,3-4H2,1-2H3,(H,26,27);1H. The number of fused-ring (bicyclic) bond motifs is 2. The zero-order valence-corrected chi connectivity index (χ0v) is 18.9. The molecule has 0 aliphatic carbocycles. The van der Waals surface area contributed by atoms with Gasteiger partial charge in [0.15, 0.2) is 0 Å². The molecule has 0 amide bonds. The van der Waals surface area contributed by atoms with Gasteiger partial charge < -0.3 is 15.3 Å². The van der Waals surface area contributed by atoms with Crippen molar-refractivity contribution in [1.29, 1.82) is 0 Å². The molecular formula is C23H22Cl3N3O. The van der Waals surface area contributed by atoms with Gasteiger partial charge in [-0.25, -0.2) is 4.98 Å². The second-order valence-corrected chi connectivity index (χ2v) is 7.68. The minimum Gasteiger partial charge on any atom is -0.506 e. The average molecular weight is 463 g/mol. The number of benzene rings is 3. The lowest BCUT2D eigenvalue weighted by atomic mass is 10.1. The van der Waals surface area contributed by atoms with E-state index in [4.69, 9.17) is 28.2 Å². The number of phenols is 1. The molecular weight excluding hydrogens is 441 g/mol. The van der Waals surface area contributed by atoms with Crippen LogP contribution in [0.15, 0.2) is 54.6 Å². The van der Waals surface area contributed by atoms with E-state index in [0.717, 1.165) is 52.0 Å². The van der Waals surface area contributed by atoms with Gasteiger partial charge in [-0.2, -0.15) is 0 Å². The van der Waals surface area contributed by atoms with Crippen LogP contribution in [0.25, 0.3) is 21.8 Å². The highest BCUT2D eigenvalue weighted by atomic mass is 35.5. The molecule has 30 heavy (non-hydrogen) atoms. The molecule has 4 nitrogen and oxygen atoms in total. The Bertz CT molecular complexity index is 1150. The summed E-state index contributed by atoms with van der Waals surface area (Å²) in [6.45, 7) is 5.76. The highest BCUT2D eigenvalue weighted by molar-refractivity contribution is 6.32. The first-order valence-corrected chi connectivity index (χ1v) is 10.3. The first-order chi connectivity index (χ1) is 14.0. The fourth-order valence-corrected chi connectivity index (χ4v) is 3.92. The maximum Gasteiger partial charge on any atom is 0.139 e. The number of anilines is 3. The van der Waals surface area contributed by atoms with Crippen molar-refractivity contribution in [3.8, 4) is 5.75 Å². The van der Waals surface area contributed by atoms with Crippen LogP contribution in [0.2, 0.25) is 10.0 Å². The first kappa shape index (κ1) is 22.3. The zero-order chi connectivity index (χ0) is 20.5. The maximum absolute atomic E-state index is 10.3. The van der Waals surface area contributed by atoms with E-state index in [-0.39, 0.29) is 18.2 Å². The number of hydrogen-bond acceptors (Lipinski definition) is 4. The molecule has 0 bridgehead atoms. The third-order valence-corrected chi connectivity index (χ3v) is 5.52. The number of pyridine rings is 1. The molecule has 1 heterocycles. The Morgan fingerprint density at radius 2 is 1.43 bits per heavy atom. The largest absolute Gasteiger partial charge is 0.506 e. The Labute approximate surface area is 191 Å². The van der Waals surface area contributed by atoms with Crippen molar-refractivity contribution in [2.75, 3.05) is 23.3 Å². The lowest BCUT2D eigenvalue weighted by Crippen LogP contribution is -2.21. The summed E-state index contributed by atoms with van der Waals surface area (Å²) >= 11 is 12.4.